The molecule has 0 aliphatic heterocycles. The molecule has 0 aromatic heterocycles. The zero-order chi connectivity index (χ0) is 15.6. The molecule has 0 fully saturated rings. The Bertz CT molecular complexity index is 762. The van der Waals surface area contributed by atoms with E-state index < -0.39 is 21.7 Å². The van der Waals surface area contributed by atoms with Crippen molar-refractivity contribution in [3.8, 4) is 0 Å². The Labute approximate surface area is 128 Å². The van der Waals surface area contributed by atoms with E-state index in [4.69, 9.17) is 17.3 Å². The minimum Gasteiger partial charge on any atom is -0.324 e. The number of halogens is 2. The molecule has 2 aromatic rings. The van der Waals surface area contributed by atoms with Crippen LogP contribution in [0.3, 0.4) is 0 Å². The van der Waals surface area contributed by atoms with Crippen molar-refractivity contribution < 1.29 is 12.8 Å². The van der Waals surface area contributed by atoms with Crippen molar-refractivity contribution in [3.63, 3.8) is 0 Å². The van der Waals surface area contributed by atoms with Crippen LogP contribution in [0.2, 0.25) is 5.02 Å². The molecular weight excluding hydrogens is 313 g/mol. The highest BCUT2D eigenvalue weighted by Gasteiger charge is 2.14. The number of sulfone groups is 1. The first-order chi connectivity index (χ1) is 9.79. The van der Waals surface area contributed by atoms with Crippen LogP contribution in [0.1, 0.15) is 17.2 Å². The Kier molecular flexibility index (Phi) is 4.66. The monoisotopic (exact) mass is 327 g/mol. The van der Waals surface area contributed by atoms with Gasteiger partial charge < -0.3 is 5.73 Å². The fraction of sp³-hybridized carbons (Fsp3) is 0.200. The maximum Gasteiger partial charge on any atom is 0.175 e. The minimum atomic E-state index is -3.30. The largest absolute Gasteiger partial charge is 0.324 e. The summed E-state index contributed by atoms with van der Waals surface area (Å²) >= 11 is 5.73. The van der Waals surface area contributed by atoms with Crippen LogP contribution in [0.25, 0.3) is 0 Å². The van der Waals surface area contributed by atoms with Gasteiger partial charge in [0.1, 0.15) is 5.82 Å². The number of hydrogen-bond donors (Lipinski definition) is 1. The van der Waals surface area contributed by atoms with Gasteiger partial charge >= 0.3 is 0 Å². The molecule has 3 nitrogen and oxygen atoms in total. The Hall–Kier alpha value is -1.43. The van der Waals surface area contributed by atoms with Gasteiger partial charge in [-0.2, -0.15) is 0 Å². The first-order valence-electron chi connectivity index (χ1n) is 6.27. The summed E-state index contributed by atoms with van der Waals surface area (Å²) in [5.74, 6) is -0.492. The van der Waals surface area contributed by atoms with Crippen molar-refractivity contribution in [1.29, 1.82) is 0 Å². The molecule has 0 aliphatic rings. The van der Waals surface area contributed by atoms with Crippen molar-refractivity contribution >= 4 is 21.4 Å². The predicted molar refractivity (Wildman–Crippen MR) is 81.6 cm³/mol. The maximum atomic E-state index is 13.9. The summed E-state index contributed by atoms with van der Waals surface area (Å²) in [6.45, 7) is 0. The maximum absolute atomic E-state index is 13.9. The lowest BCUT2D eigenvalue weighted by atomic mass is 9.99. The summed E-state index contributed by atoms with van der Waals surface area (Å²) in [5.41, 5.74) is 7.09. The van der Waals surface area contributed by atoms with Gasteiger partial charge in [-0.05, 0) is 35.7 Å². The third-order valence-corrected chi connectivity index (χ3v) is 4.59. The molecule has 2 rings (SSSR count). The van der Waals surface area contributed by atoms with Crippen molar-refractivity contribution in [2.45, 2.75) is 17.4 Å². The fourth-order valence-corrected chi connectivity index (χ4v) is 2.91. The van der Waals surface area contributed by atoms with E-state index in [1.807, 2.05) is 0 Å². The van der Waals surface area contributed by atoms with Crippen molar-refractivity contribution in [2.24, 2.45) is 5.73 Å². The van der Waals surface area contributed by atoms with Gasteiger partial charge in [-0.3, -0.25) is 0 Å². The molecule has 2 aromatic carbocycles. The SMILES string of the molecule is CS(=O)(=O)c1cccc(C(N)Cc2cccc(Cl)c2F)c1. The van der Waals surface area contributed by atoms with Crippen LogP contribution in [-0.2, 0) is 16.3 Å². The van der Waals surface area contributed by atoms with Crippen molar-refractivity contribution in [3.05, 3.63) is 64.4 Å². The summed E-state index contributed by atoms with van der Waals surface area (Å²) in [6, 6.07) is 10.6. The molecule has 0 spiro atoms. The van der Waals surface area contributed by atoms with Crippen LogP contribution in [-0.4, -0.2) is 14.7 Å². The van der Waals surface area contributed by atoms with Gasteiger partial charge in [0.2, 0.25) is 0 Å². The Balaban J connectivity index is 2.29. The average Bonchev–Trinajstić information content (AvgIpc) is 2.43. The summed E-state index contributed by atoms with van der Waals surface area (Å²) in [7, 11) is -3.30. The van der Waals surface area contributed by atoms with Gasteiger partial charge in [0.15, 0.2) is 9.84 Å². The standard InChI is InChI=1S/C15H15ClFNO2S/c1-21(19,20)12-6-2-4-10(8-12)14(18)9-11-5-3-7-13(16)15(11)17/h2-8,14H,9,18H2,1H3. The van der Waals surface area contributed by atoms with Gasteiger partial charge in [-0.1, -0.05) is 35.9 Å². The van der Waals surface area contributed by atoms with Gasteiger partial charge in [0.05, 0.1) is 9.92 Å². The highest BCUT2D eigenvalue weighted by atomic mass is 35.5. The van der Waals surface area contributed by atoms with E-state index in [0.29, 0.717) is 11.1 Å². The lowest BCUT2D eigenvalue weighted by Crippen LogP contribution is -2.15. The molecule has 1 atom stereocenters. The van der Waals surface area contributed by atoms with Gasteiger partial charge in [-0.25, -0.2) is 12.8 Å². The van der Waals surface area contributed by atoms with E-state index >= 15 is 0 Å². The van der Waals surface area contributed by atoms with E-state index in [-0.39, 0.29) is 16.3 Å². The van der Waals surface area contributed by atoms with E-state index in [1.54, 1.807) is 24.3 Å². The Morgan fingerprint density at radius 2 is 1.90 bits per heavy atom. The van der Waals surface area contributed by atoms with E-state index in [9.17, 15) is 12.8 Å². The average molecular weight is 328 g/mol. The van der Waals surface area contributed by atoms with Crippen LogP contribution in [0, 0.1) is 5.82 Å². The van der Waals surface area contributed by atoms with Crippen LogP contribution in [0.4, 0.5) is 4.39 Å². The first kappa shape index (κ1) is 15.9. The van der Waals surface area contributed by atoms with Gasteiger partial charge in [-0.15, -0.1) is 0 Å². The van der Waals surface area contributed by atoms with E-state index in [2.05, 4.69) is 0 Å². The van der Waals surface area contributed by atoms with Crippen molar-refractivity contribution in [2.75, 3.05) is 6.26 Å². The molecule has 0 radical (unpaired) electrons. The summed E-state index contributed by atoms with van der Waals surface area (Å²) in [4.78, 5) is 0.196. The highest BCUT2D eigenvalue weighted by Crippen LogP contribution is 2.24. The summed E-state index contributed by atoms with van der Waals surface area (Å²) in [6.07, 6.45) is 1.37. The second-order valence-corrected chi connectivity index (χ2v) is 7.29. The topological polar surface area (TPSA) is 60.2 Å². The smallest absolute Gasteiger partial charge is 0.175 e. The molecular formula is C15H15ClFNO2S. The predicted octanol–water partition coefficient (Wildman–Crippen LogP) is 3.13. The third kappa shape index (κ3) is 3.81. The van der Waals surface area contributed by atoms with Gasteiger partial charge in [0, 0.05) is 12.3 Å². The van der Waals surface area contributed by atoms with Crippen LogP contribution in [0.5, 0.6) is 0 Å². The molecule has 0 saturated carbocycles. The Morgan fingerprint density at radius 1 is 1.24 bits per heavy atom. The zero-order valence-electron chi connectivity index (χ0n) is 11.4. The molecule has 0 aliphatic carbocycles. The number of rotatable bonds is 4. The molecule has 112 valence electrons. The van der Waals surface area contributed by atoms with Crippen LogP contribution < -0.4 is 5.73 Å². The second-order valence-electron chi connectivity index (χ2n) is 4.87. The third-order valence-electron chi connectivity index (χ3n) is 3.19. The lowest BCUT2D eigenvalue weighted by Gasteiger charge is -2.14. The number of benzene rings is 2. The minimum absolute atomic E-state index is 0.0459. The molecule has 6 heteroatoms. The molecule has 0 saturated heterocycles. The molecule has 0 bridgehead atoms. The second kappa shape index (κ2) is 6.13. The fourth-order valence-electron chi connectivity index (χ4n) is 2.04. The van der Waals surface area contributed by atoms with Crippen molar-refractivity contribution in [1.82, 2.24) is 0 Å². The molecule has 0 amide bonds. The van der Waals surface area contributed by atoms with Crippen LogP contribution >= 0.6 is 11.6 Å². The van der Waals surface area contributed by atoms with E-state index in [0.717, 1.165) is 6.26 Å². The van der Waals surface area contributed by atoms with Crippen LogP contribution in [0.15, 0.2) is 47.4 Å². The summed E-state index contributed by atoms with van der Waals surface area (Å²) in [5, 5.41) is 0.0459. The number of nitrogens with two attached hydrogens (primary N) is 1. The van der Waals surface area contributed by atoms with E-state index in [1.165, 1.54) is 18.2 Å². The molecule has 1 unspecified atom stereocenters. The molecule has 21 heavy (non-hydrogen) atoms. The Morgan fingerprint density at radius 3 is 2.57 bits per heavy atom. The van der Waals surface area contributed by atoms with Gasteiger partial charge in [0.25, 0.3) is 0 Å². The zero-order valence-corrected chi connectivity index (χ0v) is 13.0. The normalized spacial score (nSPS) is 13.1. The molecule has 0 heterocycles. The quantitative estimate of drug-likeness (QED) is 0.938. The highest BCUT2D eigenvalue weighted by molar-refractivity contribution is 7.90. The lowest BCUT2D eigenvalue weighted by molar-refractivity contribution is 0.592. The molecule has 2 N–H and O–H groups in total. The first-order valence-corrected chi connectivity index (χ1v) is 8.54. The summed E-state index contributed by atoms with van der Waals surface area (Å²) < 4.78 is 37.0. The number of hydrogen-bond acceptors (Lipinski definition) is 3.